The highest BCUT2D eigenvalue weighted by atomic mass is 32.2. The molecule has 1 fully saturated rings. The molecule has 0 aromatic rings. The van der Waals surface area contributed by atoms with E-state index in [-0.39, 0.29) is 6.10 Å². The third-order valence-corrected chi connectivity index (χ3v) is 2.36. The number of ether oxygens (including phenoxy) is 1. The number of hydrogen-bond acceptors (Lipinski definition) is 4. The second-order valence-electron chi connectivity index (χ2n) is 2.21. The van der Waals surface area contributed by atoms with Gasteiger partial charge in [0.15, 0.2) is 0 Å². The van der Waals surface area contributed by atoms with E-state index in [0.717, 1.165) is 0 Å². The third kappa shape index (κ3) is 5.20. The Hall–Kier alpha value is -0.170. The molecule has 0 saturated carbocycles. The van der Waals surface area contributed by atoms with Gasteiger partial charge in [0.1, 0.15) is 6.10 Å². The monoisotopic (exact) mass is 211 g/mol. The summed E-state index contributed by atoms with van der Waals surface area (Å²) in [4.78, 5) is 0. The highest BCUT2D eigenvalue weighted by Crippen LogP contribution is 2.07. The van der Waals surface area contributed by atoms with Crippen LogP contribution in [-0.2, 0) is 19.2 Å². The van der Waals surface area contributed by atoms with Gasteiger partial charge in [0.05, 0.1) is 13.2 Å². The van der Waals surface area contributed by atoms with Crippen LogP contribution >= 0.6 is 0 Å². The zero-order valence-corrected chi connectivity index (χ0v) is 9.06. The summed E-state index contributed by atoms with van der Waals surface area (Å²) < 4.78 is 33.3. The Bertz CT molecular complexity index is 211. The molecular weight excluding hydrogens is 194 g/mol. The number of rotatable bonds is 4. The summed E-state index contributed by atoms with van der Waals surface area (Å²) in [5.41, 5.74) is 0. The lowest BCUT2D eigenvalue weighted by Crippen LogP contribution is -2.41. The third-order valence-electron chi connectivity index (χ3n) is 1.19. The van der Waals surface area contributed by atoms with E-state index >= 15 is 0 Å². The minimum absolute atomic E-state index is 0.293. The number of nitrogens with one attached hydrogen (secondary N) is 1. The lowest BCUT2D eigenvalue weighted by Gasteiger charge is -2.24. The molecule has 0 atom stereocenters. The smallest absolute Gasteiger partial charge is 0.336 e. The Morgan fingerprint density at radius 2 is 2.00 bits per heavy atom. The minimum atomic E-state index is -3.52. The molecule has 1 saturated heterocycles. The van der Waals surface area contributed by atoms with Gasteiger partial charge < -0.3 is 4.74 Å². The molecule has 0 unspecified atom stereocenters. The van der Waals surface area contributed by atoms with Gasteiger partial charge in [0, 0.05) is 6.54 Å². The fourth-order valence-electron chi connectivity index (χ4n) is 0.660. The van der Waals surface area contributed by atoms with Crippen molar-refractivity contribution < 1.29 is 17.3 Å². The van der Waals surface area contributed by atoms with Crippen LogP contribution in [0.1, 0.15) is 20.8 Å². The van der Waals surface area contributed by atoms with Crippen molar-refractivity contribution in [3.05, 3.63) is 0 Å². The van der Waals surface area contributed by atoms with Gasteiger partial charge in [-0.25, -0.2) is 4.18 Å². The lowest BCUT2D eigenvalue weighted by molar-refractivity contribution is -0.0774. The van der Waals surface area contributed by atoms with Crippen molar-refractivity contribution in [1.29, 1.82) is 0 Å². The van der Waals surface area contributed by atoms with Crippen molar-refractivity contribution >= 4 is 10.3 Å². The van der Waals surface area contributed by atoms with Crippen LogP contribution < -0.4 is 4.72 Å². The van der Waals surface area contributed by atoms with Crippen LogP contribution in [0.3, 0.4) is 0 Å². The topological polar surface area (TPSA) is 64.6 Å². The molecule has 0 spiro atoms. The van der Waals surface area contributed by atoms with Gasteiger partial charge in [-0.3, -0.25) is 0 Å². The van der Waals surface area contributed by atoms with E-state index < -0.39 is 10.3 Å². The Morgan fingerprint density at radius 3 is 2.31 bits per heavy atom. The predicted molar refractivity (Wildman–Crippen MR) is 49.6 cm³/mol. The van der Waals surface area contributed by atoms with Crippen LogP contribution in [0.25, 0.3) is 0 Å². The van der Waals surface area contributed by atoms with Crippen molar-refractivity contribution in [2.75, 3.05) is 19.8 Å². The summed E-state index contributed by atoms with van der Waals surface area (Å²) in [5, 5.41) is 0. The molecule has 80 valence electrons. The highest BCUT2D eigenvalue weighted by molar-refractivity contribution is 7.84. The molecule has 0 bridgehead atoms. The molecule has 0 radical (unpaired) electrons. The molecule has 13 heavy (non-hydrogen) atoms. The molecule has 0 amide bonds. The van der Waals surface area contributed by atoms with E-state index in [1.807, 2.05) is 13.8 Å². The molecular formula is C7H17NO4S. The summed E-state index contributed by atoms with van der Waals surface area (Å²) >= 11 is 0. The van der Waals surface area contributed by atoms with E-state index in [1.165, 1.54) is 0 Å². The first-order chi connectivity index (χ1) is 6.14. The van der Waals surface area contributed by atoms with Gasteiger partial charge in [0.25, 0.3) is 0 Å². The fourth-order valence-corrected chi connectivity index (χ4v) is 1.55. The second kappa shape index (κ2) is 6.31. The van der Waals surface area contributed by atoms with Crippen LogP contribution in [0.5, 0.6) is 0 Å². The Balaban J connectivity index is 0.000000671. The first kappa shape index (κ1) is 12.8. The predicted octanol–water partition coefficient (Wildman–Crippen LogP) is 0.282. The Kier molecular flexibility index (Phi) is 6.23. The van der Waals surface area contributed by atoms with Crippen molar-refractivity contribution in [3.8, 4) is 0 Å². The largest absolute Gasteiger partial charge is 0.376 e. The molecule has 5 nitrogen and oxygen atoms in total. The van der Waals surface area contributed by atoms with E-state index in [9.17, 15) is 8.42 Å². The van der Waals surface area contributed by atoms with Gasteiger partial charge in [-0.1, -0.05) is 20.8 Å². The van der Waals surface area contributed by atoms with E-state index in [4.69, 9.17) is 4.74 Å². The van der Waals surface area contributed by atoms with Crippen molar-refractivity contribution in [1.82, 2.24) is 4.72 Å². The van der Waals surface area contributed by atoms with E-state index in [1.54, 1.807) is 6.92 Å². The minimum Gasteiger partial charge on any atom is -0.376 e. The Labute approximate surface area is 79.7 Å². The molecule has 0 aromatic carbocycles. The van der Waals surface area contributed by atoms with Crippen molar-refractivity contribution in [3.63, 3.8) is 0 Å². The quantitative estimate of drug-likeness (QED) is 0.725. The van der Waals surface area contributed by atoms with Crippen molar-refractivity contribution in [2.24, 2.45) is 0 Å². The zero-order chi connectivity index (χ0) is 10.3. The maximum atomic E-state index is 10.8. The Morgan fingerprint density at radius 1 is 1.46 bits per heavy atom. The summed E-state index contributed by atoms with van der Waals surface area (Å²) in [5.74, 6) is 0. The standard InChI is InChI=1S/C5H11NO4S.C2H6/c1-2-6-11(7,8)10-5-3-9-4-5;1-2/h5-6H,2-4H2,1H3;1-2H3. The van der Waals surface area contributed by atoms with Crippen LogP contribution in [-0.4, -0.2) is 34.3 Å². The second-order valence-corrected chi connectivity index (χ2v) is 3.60. The van der Waals surface area contributed by atoms with Gasteiger partial charge in [-0.05, 0) is 0 Å². The molecule has 1 N–H and O–H groups in total. The van der Waals surface area contributed by atoms with Gasteiger partial charge in [-0.15, -0.1) is 0 Å². The summed E-state index contributed by atoms with van der Waals surface area (Å²) in [6, 6.07) is 0. The maximum Gasteiger partial charge on any atom is 0.336 e. The lowest BCUT2D eigenvalue weighted by atomic mass is 10.3. The molecule has 1 aliphatic heterocycles. The first-order valence-corrected chi connectivity index (χ1v) is 5.80. The van der Waals surface area contributed by atoms with Gasteiger partial charge >= 0.3 is 10.3 Å². The molecule has 0 aliphatic carbocycles. The van der Waals surface area contributed by atoms with E-state index in [2.05, 4.69) is 8.91 Å². The van der Waals surface area contributed by atoms with Crippen LogP contribution in [0.4, 0.5) is 0 Å². The SMILES string of the molecule is CC.CCNS(=O)(=O)OC1COC1. The van der Waals surface area contributed by atoms with Gasteiger partial charge in [0.2, 0.25) is 0 Å². The van der Waals surface area contributed by atoms with E-state index in [0.29, 0.717) is 19.8 Å². The zero-order valence-electron chi connectivity index (χ0n) is 8.24. The van der Waals surface area contributed by atoms with Crippen LogP contribution in [0, 0.1) is 0 Å². The summed E-state index contributed by atoms with van der Waals surface area (Å²) in [7, 11) is -3.52. The van der Waals surface area contributed by atoms with Gasteiger partial charge in [-0.2, -0.15) is 13.1 Å². The first-order valence-electron chi connectivity index (χ1n) is 4.39. The summed E-state index contributed by atoms with van der Waals surface area (Å²) in [6.45, 7) is 6.77. The van der Waals surface area contributed by atoms with Crippen molar-refractivity contribution in [2.45, 2.75) is 26.9 Å². The highest BCUT2D eigenvalue weighted by Gasteiger charge is 2.25. The molecule has 1 aliphatic rings. The molecule has 0 aromatic heterocycles. The molecule has 1 rings (SSSR count). The summed E-state index contributed by atoms with van der Waals surface area (Å²) in [6.07, 6.45) is -0.293. The number of hydrogen-bond donors (Lipinski definition) is 1. The maximum absolute atomic E-state index is 10.8. The fraction of sp³-hybridized carbons (Fsp3) is 1.00. The molecule has 1 heterocycles. The van der Waals surface area contributed by atoms with Crippen LogP contribution in [0.15, 0.2) is 0 Å². The molecule has 6 heteroatoms. The normalized spacial score (nSPS) is 17.2. The average Bonchev–Trinajstić information content (AvgIpc) is 2.01. The average molecular weight is 211 g/mol. The van der Waals surface area contributed by atoms with Crippen LogP contribution in [0.2, 0.25) is 0 Å².